The highest BCUT2D eigenvalue weighted by molar-refractivity contribution is 7.90. The van der Waals surface area contributed by atoms with E-state index >= 15 is 0 Å². The van der Waals surface area contributed by atoms with Gasteiger partial charge in [0.15, 0.2) is 0 Å². The molecule has 0 radical (unpaired) electrons. The molecule has 2 atom stereocenters. The predicted molar refractivity (Wildman–Crippen MR) is 115 cm³/mol. The van der Waals surface area contributed by atoms with Crippen molar-refractivity contribution in [3.8, 4) is 0 Å². The molecular weight excluding hydrogens is 372 g/mol. The second kappa shape index (κ2) is 9.70. The van der Waals surface area contributed by atoms with Crippen molar-refractivity contribution in [1.29, 1.82) is 0 Å². The van der Waals surface area contributed by atoms with Crippen LogP contribution >= 0.6 is 0 Å². The van der Waals surface area contributed by atoms with Gasteiger partial charge >= 0.3 is 0 Å². The van der Waals surface area contributed by atoms with E-state index in [1.807, 2.05) is 12.1 Å². The lowest BCUT2D eigenvalue weighted by Crippen LogP contribution is -2.36. The van der Waals surface area contributed by atoms with Gasteiger partial charge in [-0.1, -0.05) is 37.3 Å². The van der Waals surface area contributed by atoms with Crippen LogP contribution in [0.15, 0.2) is 30.3 Å². The van der Waals surface area contributed by atoms with Crippen LogP contribution in [0.3, 0.4) is 0 Å². The second-order valence-corrected chi connectivity index (χ2v) is 10.7. The van der Waals surface area contributed by atoms with E-state index in [4.69, 9.17) is 0 Å². The highest BCUT2D eigenvalue weighted by Crippen LogP contribution is 2.34. The fraction of sp³-hybridized carbons (Fsp3) is 0.591. The lowest BCUT2D eigenvalue weighted by atomic mass is 9.80. The number of amides is 1. The van der Waals surface area contributed by atoms with Crippen LogP contribution < -0.4 is 4.72 Å². The lowest BCUT2D eigenvalue weighted by Gasteiger charge is -2.28. The Bertz CT molecular complexity index is 796. The summed E-state index contributed by atoms with van der Waals surface area (Å²) in [7, 11) is 0.349. The highest BCUT2D eigenvalue weighted by atomic mass is 32.2. The zero-order valence-electron chi connectivity index (χ0n) is 17.7. The molecule has 0 saturated carbocycles. The Morgan fingerprint density at radius 3 is 2.32 bits per heavy atom. The number of carbonyl (C=O) groups is 1. The van der Waals surface area contributed by atoms with Gasteiger partial charge in [0, 0.05) is 20.6 Å². The molecule has 0 bridgehead atoms. The molecule has 1 N–H and O–H groups in total. The summed E-state index contributed by atoms with van der Waals surface area (Å²) in [6, 6.07) is 8.27. The molecule has 1 amide bonds. The molecule has 0 spiro atoms. The van der Waals surface area contributed by atoms with Gasteiger partial charge in [0.1, 0.15) is 0 Å². The maximum absolute atomic E-state index is 11.9. The molecule has 0 saturated heterocycles. The van der Waals surface area contributed by atoms with Gasteiger partial charge in [0.2, 0.25) is 15.9 Å². The minimum absolute atomic E-state index is 0.106. The number of nitrogens with one attached hydrogen (secondary N) is 1. The lowest BCUT2D eigenvalue weighted by molar-refractivity contribution is -0.127. The van der Waals surface area contributed by atoms with Crippen LogP contribution in [0.5, 0.6) is 0 Å². The Balaban J connectivity index is 1.91. The van der Waals surface area contributed by atoms with Crippen molar-refractivity contribution in [3.63, 3.8) is 0 Å². The van der Waals surface area contributed by atoms with Gasteiger partial charge in [-0.25, -0.2) is 13.1 Å². The first-order chi connectivity index (χ1) is 13.1. The van der Waals surface area contributed by atoms with E-state index < -0.39 is 15.3 Å². The van der Waals surface area contributed by atoms with Crippen LogP contribution in [-0.2, 0) is 21.2 Å². The number of likely N-dealkylation sites (N-methyl/N-ethyl adjacent to an activating group) is 1. The van der Waals surface area contributed by atoms with Crippen LogP contribution in [0, 0.1) is 11.8 Å². The molecule has 156 valence electrons. The number of rotatable bonds is 8. The normalized spacial score (nSPS) is 18.6. The maximum atomic E-state index is 11.9. The SMILES string of the molecule is CC(CNS(=O)(=O)C(C)C)C1CC=C(c2ccc(CC(=O)N(C)C)cc2)CC1. The number of sulfonamides is 1. The Morgan fingerprint density at radius 2 is 1.82 bits per heavy atom. The molecule has 0 fully saturated rings. The molecule has 0 aliphatic heterocycles. The molecule has 0 aromatic heterocycles. The number of nitrogens with zero attached hydrogens (tertiary/aromatic N) is 1. The van der Waals surface area contributed by atoms with Crippen molar-refractivity contribution in [2.45, 2.75) is 51.7 Å². The van der Waals surface area contributed by atoms with Crippen molar-refractivity contribution >= 4 is 21.5 Å². The summed E-state index contributed by atoms with van der Waals surface area (Å²) >= 11 is 0. The molecule has 1 aliphatic carbocycles. The first-order valence-electron chi connectivity index (χ1n) is 10.1. The largest absolute Gasteiger partial charge is 0.349 e. The smallest absolute Gasteiger partial charge is 0.226 e. The molecule has 2 rings (SSSR count). The molecule has 6 heteroatoms. The molecular formula is C22H34N2O3S. The van der Waals surface area contributed by atoms with Crippen LogP contribution in [0.2, 0.25) is 0 Å². The third-order valence-electron chi connectivity index (χ3n) is 5.66. The van der Waals surface area contributed by atoms with E-state index in [-0.39, 0.29) is 5.91 Å². The van der Waals surface area contributed by atoms with Gasteiger partial charge in [-0.3, -0.25) is 4.79 Å². The van der Waals surface area contributed by atoms with Crippen LogP contribution in [0.4, 0.5) is 0 Å². The molecule has 0 heterocycles. The van der Waals surface area contributed by atoms with Crippen molar-refractivity contribution in [2.24, 2.45) is 11.8 Å². The third kappa shape index (κ3) is 6.17. The van der Waals surface area contributed by atoms with Crippen molar-refractivity contribution < 1.29 is 13.2 Å². The topological polar surface area (TPSA) is 66.5 Å². The van der Waals surface area contributed by atoms with E-state index in [2.05, 4.69) is 29.9 Å². The quantitative estimate of drug-likeness (QED) is 0.719. The van der Waals surface area contributed by atoms with E-state index in [0.29, 0.717) is 24.8 Å². The van der Waals surface area contributed by atoms with E-state index in [9.17, 15) is 13.2 Å². The van der Waals surface area contributed by atoms with Crippen molar-refractivity contribution in [3.05, 3.63) is 41.5 Å². The van der Waals surface area contributed by atoms with Gasteiger partial charge in [-0.2, -0.15) is 0 Å². The average Bonchev–Trinajstić information content (AvgIpc) is 2.66. The summed E-state index contributed by atoms with van der Waals surface area (Å²) in [5, 5.41) is -0.395. The Hall–Kier alpha value is -1.66. The van der Waals surface area contributed by atoms with Crippen molar-refractivity contribution in [1.82, 2.24) is 9.62 Å². The molecule has 1 aromatic carbocycles. The van der Waals surface area contributed by atoms with Crippen LogP contribution in [-0.4, -0.2) is 45.1 Å². The number of benzene rings is 1. The Kier molecular flexibility index (Phi) is 7.84. The minimum Gasteiger partial charge on any atom is -0.349 e. The van der Waals surface area contributed by atoms with E-state index in [1.165, 1.54) is 11.1 Å². The number of hydrogen-bond donors (Lipinski definition) is 1. The molecule has 1 aliphatic rings. The summed E-state index contributed by atoms with van der Waals surface area (Å²) in [6.45, 7) is 6.03. The van der Waals surface area contributed by atoms with Gasteiger partial charge in [0.05, 0.1) is 11.7 Å². The number of carbonyl (C=O) groups excluding carboxylic acids is 1. The van der Waals surface area contributed by atoms with Crippen LogP contribution in [0.25, 0.3) is 5.57 Å². The summed E-state index contributed by atoms with van der Waals surface area (Å²) in [5.41, 5.74) is 3.59. The maximum Gasteiger partial charge on any atom is 0.226 e. The Labute approximate surface area is 170 Å². The van der Waals surface area contributed by atoms with Gasteiger partial charge in [0.25, 0.3) is 0 Å². The van der Waals surface area contributed by atoms with E-state index in [0.717, 1.165) is 24.8 Å². The third-order valence-corrected chi connectivity index (χ3v) is 7.47. The molecule has 28 heavy (non-hydrogen) atoms. The molecule has 2 unspecified atom stereocenters. The monoisotopic (exact) mass is 406 g/mol. The molecule has 1 aromatic rings. The number of hydrogen-bond acceptors (Lipinski definition) is 3. The highest BCUT2D eigenvalue weighted by Gasteiger charge is 2.23. The second-order valence-electron chi connectivity index (χ2n) is 8.35. The summed E-state index contributed by atoms with van der Waals surface area (Å²) < 4.78 is 26.6. The van der Waals surface area contributed by atoms with Crippen LogP contribution in [0.1, 0.15) is 51.2 Å². The standard InChI is InChI=1S/C22H34N2O3S/c1-16(2)28(26,27)23-15-17(3)19-10-12-21(13-11-19)20-8-6-18(7-9-20)14-22(25)24(4)5/h6-9,12,16-17,19,23H,10-11,13-15H2,1-5H3. The predicted octanol–water partition coefficient (Wildman–Crippen LogP) is 3.46. The summed E-state index contributed by atoms with van der Waals surface area (Å²) in [6.07, 6.45) is 5.76. The first-order valence-corrected chi connectivity index (χ1v) is 11.6. The van der Waals surface area contributed by atoms with Gasteiger partial charge < -0.3 is 4.90 Å². The fourth-order valence-corrected chi connectivity index (χ4v) is 4.21. The zero-order valence-corrected chi connectivity index (χ0v) is 18.6. The minimum atomic E-state index is -3.20. The number of allylic oxidation sites excluding steroid dienone is 2. The van der Waals surface area contributed by atoms with Gasteiger partial charge in [-0.15, -0.1) is 0 Å². The molecule has 5 nitrogen and oxygen atoms in total. The first kappa shape index (κ1) is 22.6. The van der Waals surface area contributed by atoms with Gasteiger partial charge in [-0.05, 0) is 61.6 Å². The zero-order chi connectivity index (χ0) is 20.9. The average molecular weight is 407 g/mol. The summed E-state index contributed by atoms with van der Waals surface area (Å²) in [4.78, 5) is 13.4. The van der Waals surface area contributed by atoms with E-state index in [1.54, 1.807) is 32.8 Å². The summed E-state index contributed by atoms with van der Waals surface area (Å²) in [5.74, 6) is 0.913. The Morgan fingerprint density at radius 1 is 1.18 bits per heavy atom. The fourth-order valence-electron chi connectivity index (χ4n) is 3.38. The van der Waals surface area contributed by atoms with Crippen molar-refractivity contribution in [2.75, 3.05) is 20.6 Å².